The van der Waals surface area contributed by atoms with Crippen LogP contribution in [0.2, 0.25) is 0 Å². The second kappa shape index (κ2) is 4.99. The van der Waals surface area contributed by atoms with Crippen LogP contribution in [0.25, 0.3) is 27.6 Å². The van der Waals surface area contributed by atoms with Gasteiger partial charge in [-0.2, -0.15) is 0 Å². The summed E-state index contributed by atoms with van der Waals surface area (Å²) < 4.78 is 2.26. The van der Waals surface area contributed by atoms with Crippen molar-refractivity contribution in [3.63, 3.8) is 0 Å². The first-order chi connectivity index (χ1) is 10.8. The van der Waals surface area contributed by atoms with Gasteiger partial charge in [-0.05, 0) is 30.2 Å². The van der Waals surface area contributed by atoms with Gasteiger partial charge >= 0.3 is 0 Å². The normalized spacial score (nSPS) is 11.6. The Bertz CT molecular complexity index is 910. The molecule has 0 fully saturated rings. The van der Waals surface area contributed by atoms with Crippen LogP contribution in [-0.4, -0.2) is 9.55 Å². The van der Waals surface area contributed by atoms with Crippen LogP contribution < -0.4 is 0 Å². The highest BCUT2D eigenvalue weighted by Gasteiger charge is 2.12. The van der Waals surface area contributed by atoms with Gasteiger partial charge < -0.3 is 0 Å². The lowest BCUT2D eigenvalue weighted by Crippen LogP contribution is -2.01. The van der Waals surface area contributed by atoms with Crippen LogP contribution in [0.5, 0.6) is 0 Å². The molecule has 108 valence electrons. The largest absolute Gasteiger partial charge is 0.294 e. The Hall–Kier alpha value is -2.61. The van der Waals surface area contributed by atoms with Crippen molar-refractivity contribution in [3.8, 4) is 5.82 Å². The van der Waals surface area contributed by atoms with Gasteiger partial charge in [-0.25, -0.2) is 4.98 Å². The molecule has 0 atom stereocenters. The van der Waals surface area contributed by atoms with Crippen molar-refractivity contribution in [3.05, 3.63) is 72.4 Å². The van der Waals surface area contributed by atoms with Crippen LogP contribution >= 0.6 is 0 Å². The first-order valence-corrected chi connectivity index (χ1v) is 7.71. The van der Waals surface area contributed by atoms with E-state index in [1.165, 1.54) is 21.8 Å². The van der Waals surface area contributed by atoms with E-state index < -0.39 is 0 Å². The molecule has 22 heavy (non-hydrogen) atoms. The second-order valence-corrected chi connectivity index (χ2v) is 5.95. The summed E-state index contributed by atoms with van der Waals surface area (Å²) in [5.74, 6) is 1.41. The lowest BCUT2D eigenvalue weighted by atomic mass is 10.1. The van der Waals surface area contributed by atoms with E-state index in [1.54, 1.807) is 0 Å². The van der Waals surface area contributed by atoms with Gasteiger partial charge in [-0.1, -0.05) is 56.3 Å². The van der Waals surface area contributed by atoms with Gasteiger partial charge in [0.25, 0.3) is 0 Å². The van der Waals surface area contributed by atoms with Gasteiger partial charge in [0, 0.05) is 16.5 Å². The minimum absolute atomic E-state index is 0.424. The molecule has 2 heteroatoms. The van der Waals surface area contributed by atoms with Gasteiger partial charge in [0.1, 0.15) is 5.82 Å². The van der Waals surface area contributed by atoms with Crippen LogP contribution in [-0.2, 0) is 0 Å². The number of benzene rings is 2. The van der Waals surface area contributed by atoms with Crippen molar-refractivity contribution in [1.29, 1.82) is 0 Å². The third kappa shape index (κ3) is 1.92. The van der Waals surface area contributed by atoms with Crippen molar-refractivity contribution in [1.82, 2.24) is 9.55 Å². The number of hydrogen-bond acceptors (Lipinski definition) is 1. The van der Waals surface area contributed by atoms with Crippen LogP contribution in [0.4, 0.5) is 0 Å². The molecule has 0 saturated heterocycles. The molecular formula is C20H18N2. The summed E-state index contributed by atoms with van der Waals surface area (Å²) in [6.45, 7) is 4.36. The van der Waals surface area contributed by atoms with Crippen molar-refractivity contribution in [2.45, 2.75) is 19.8 Å². The van der Waals surface area contributed by atoms with E-state index in [2.05, 4.69) is 85.1 Å². The van der Waals surface area contributed by atoms with Crippen molar-refractivity contribution >= 4 is 21.8 Å². The van der Waals surface area contributed by atoms with E-state index in [-0.39, 0.29) is 0 Å². The third-order valence-corrected chi connectivity index (χ3v) is 4.16. The van der Waals surface area contributed by atoms with Crippen LogP contribution in [0, 0.1) is 0 Å². The summed E-state index contributed by atoms with van der Waals surface area (Å²) >= 11 is 0. The molecule has 0 aliphatic heterocycles. The molecule has 4 rings (SSSR count). The maximum absolute atomic E-state index is 4.88. The third-order valence-electron chi connectivity index (χ3n) is 4.16. The molecule has 0 spiro atoms. The summed E-state index contributed by atoms with van der Waals surface area (Å²) in [6, 6.07) is 23.3. The quantitative estimate of drug-likeness (QED) is 0.489. The Balaban J connectivity index is 2.11. The monoisotopic (exact) mass is 286 g/mol. The first-order valence-electron chi connectivity index (χ1n) is 7.71. The molecule has 0 aliphatic carbocycles. The Morgan fingerprint density at radius 1 is 0.727 bits per heavy atom. The SMILES string of the molecule is CC(C)c1cccc(-n2c3ccccc3c3ccccc32)n1. The molecule has 2 aromatic carbocycles. The standard InChI is InChI=1S/C20H18N2/c1-14(2)17-10-7-13-20(21-17)22-18-11-5-3-8-15(18)16-9-4-6-12-19(16)22/h3-14H,1-2H3. The maximum Gasteiger partial charge on any atom is 0.137 e. The Morgan fingerprint density at radius 2 is 1.32 bits per heavy atom. The smallest absolute Gasteiger partial charge is 0.137 e. The molecule has 0 amide bonds. The molecule has 4 aromatic rings. The first kappa shape index (κ1) is 13.1. The van der Waals surface area contributed by atoms with Gasteiger partial charge in [0.2, 0.25) is 0 Å². The summed E-state index contributed by atoms with van der Waals surface area (Å²) in [5.41, 5.74) is 3.54. The van der Waals surface area contributed by atoms with Gasteiger partial charge in [0.05, 0.1) is 11.0 Å². The fourth-order valence-electron chi connectivity index (χ4n) is 3.06. The predicted octanol–water partition coefficient (Wildman–Crippen LogP) is 5.30. The molecule has 2 aromatic heterocycles. The minimum atomic E-state index is 0.424. The van der Waals surface area contributed by atoms with Gasteiger partial charge in [-0.15, -0.1) is 0 Å². The van der Waals surface area contributed by atoms with Crippen molar-refractivity contribution < 1.29 is 0 Å². The summed E-state index contributed by atoms with van der Waals surface area (Å²) in [6.07, 6.45) is 0. The molecule has 2 heterocycles. The molecule has 0 saturated carbocycles. The second-order valence-electron chi connectivity index (χ2n) is 5.95. The van der Waals surface area contributed by atoms with Crippen LogP contribution in [0.3, 0.4) is 0 Å². The number of para-hydroxylation sites is 2. The fraction of sp³-hybridized carbons (Fsp3) is 0.150. The number of fused-ring (bicyclic) bond motifs is 3. The van der Waals surface area contributed by atoms with Crippen molar-refractivity contribution in [2.75, 3.05) is 0 Å². The highest BCUT2D eigenvalue weighted by atomic mass is 15.1. The fourth-order valence-corrected chi connectivity index (χ4v) is 3.06. The summed E-state index contributed by atoms with van der Waals surface area (Å²) in [4.78, 5) is 4.88. The zero-order valence-corrected chi connectivity index (χ0v) is 12.8. The van der Waals surface area contributed by atoms with Crippen molar-refractivity contribution in [2.24, 2.45) is 0 Å². The lowest BCUT2D eigenvalue weighted by molar-refractivity contribution is 0.814. The zero-order chi connectivity index (χ0) is 15.1. The van der Waals surface area contributed by atoms with E-state index in [0.29, 0.717) is 5.92 Å². The van der Waals surface area contributed by atoms with E-state index in [9.17, 15) is 0 Å². The average Bonchev–Trinajstić information content (AvgIpc) is 2.89. The van der Waals surface area contributed by atoms with E-state index >= 15 is 0 Å². The van der Waals surface area contributed by atoms with E-state index in [1.807, 2.05) is 0 Å². The molecule has 0 aliphatic rings. The molecule has 0 unspecified atom stereocenters. The summed E-state index contributed by atoms with van der Waals surface area (Å²) in [7, 11) is 0. The van der Waals surface area contributed by atoms with E-state index in [4.69, 9.17) is 4.98 Å². The van der Waals surface area contributed by atoms with Gasteiger partial charge in [0.15, 0.2) is 0 Å². The highest BCUT2D eigenvalue weighted by molar-refractivity contribution is 6.09. The number of rotatable bonds is 2. The Morgan fingerprint density at radius 3 is 1.91 bits per heavy atom. The number of nitrogens with zero attached hydrogens (tertiary/aromatic N) is 2. The number of pyridine rings is 1. The van der Waals surface area contributed by atoms with Gasteiger partial charge in [-0.3, -0.25) is 4.57 Å². The summed E-state index contributed by atoms with van der Waals surface area (Å²) in [5, 5.41) is 2.55. The van der Waals surface area contributed by atoms with E-state index in [0.717, 1.165) is 11.5 Å². The molecule has 0 N–H and O–H groups in total. The highest BCUT2D eigenvalue weighted by Crippen LogP contribution is 2.31. The predicted molar refractivity (Wildman–Crippen MR) is 92.7 cm³/mol. The maximum atomic E-state index is 4.88. The average molecular weight is 286 g/mol. The number of aromatic nitrogens is 2. The number of hydrogen-bond donors (Lipinski definition) is 0. The molecule has 0 bridgehead atoms. The molecular weight excluding hydrogens is 268 g/mol. The van der Waals surface area contributed by atoms with Crippen LogP contribution in [0.15, 0.2) is 66.7 Å². The Kier molecular flexibility index (Phi) is 2.97. The topological polar surface area (TPSA) is 17.8 Å². The minimum Gasteiger partial charge on any atom is -0.294 e. The molecule has 2 nitrogen and oxygen atoms in total. The lowest BCUT2D eigenvalue weighted by Gasteiger charge is -2.10. The molecule has 0 radical (unpaired) electrons. The zero-order valence-electron chi connectivity index (χ0n) is 12.8. The Labute approximate surface area is 130 Å². The van der Waals surface area contributed by atoms with Crippen LogP contribution in [0.1, 0.15) is 25.5 Å².